The number of nitrogens with one attached hydrogen (secondary N) is 1. The number of amides is 1. The fourth-order valence-electron chi connectivity index (χ4n) is 4.51. The van der Waals surface area contributed by atoms with Crippen LogP contribution in [0.4, 0.5) is 0 Å². The fourth-order valence-corrected chi connectivity index (χ4v) is 5.62. The van der Waals surface area contributed by atoms with Gasteiger partial charge >= 0.3 is 0 Å². The summed E-state index contributed by atoms with van der Waals surface area (Å²) in [6.45, 7) is 5.92. The second kappa shape index (κ2) is 9.90. The molecule has 41 heavy (non-hydrogen) atoms. The van der Waals surface area contributed by atoms with Crippen LogP contribution in [0.2, 0.25) is 0 Å². The molecule has 0 spiro atoms. The van der Waals surface area contributed by atoms with Crippen molar-refractivity contribution in [3.63, 3.8) is 0 Å². The van der Waals surface area contributed by atoms with Gasteiger partial charge in [-0.1, -0.05) is 32.9 Å². The zero-order valence-corrected chi connectivity index (χ0v) is 23.3. The molecule has 6 aromatic rings. The van der Waals surface area contributed by atoms with Crippen molar-refractivity contribution in [2.45, 2.75) is 31.1 Å². The Hall–Kier alpha value is -4.96. The minimum atomic E-state index is -4.37. The maximum Gasteiger partial charge on any atom is 0.283 e. The lowest BCUT2D eigenvalue weighted by molar-refractivity contribution is 0.0977. The van der Waals surface area contributed by atoms with Gasteiger partial charge in [-0.2, -0.15) is 5.10 Å². The number of rotatable bonds is 6. The summed E-state index contributed by atoms with van der Waals surface area (Å²) in [6.07, 6.45) is 5.04. The molecule has 0 radical (unpaired) electrons. The molecule has 6 rings (SSSR count). The topological polar surface area (TPSA) is 116 Å². The van der Waals surface area contributed by atoms with Gasteiger partial charge in [-0.25, -0.2) is 22.8 Å². The minimum absolute atomic E-state index is 0.0430. The van der Waals surface area contributed by atoms with Crippen LogP contribution in [0.15, 0.2) is 107 Å². The molecule has 3 aromatic carbocycles. The molecule has 206 valence electrons. The molecular weight excluding hydrogens is 540 g/mol. The molecule has 0 saturated carbocycles. The van der Waals surface area contributed by atoms with Crippen molar-refractivity contribution >= 4 is 37.8 Å². The molecular formula is C31H26N4O5S. The van der Waals surface area contributed by atoms with Crippen LogP contribution in [-0.2, 0) is 15.4 Å². The van der Waals surface area contributed by atoms with Gasteiger partial charge in [0.2, 0.25) is 0 Å². The maximum atomic E-state index is 13.7. The number of fused-ring (bicyclic) bond motifs is 2. The van der Waals surface area contributed by atoms with Gasteiger partial charge in [0.25, 0.3) is 15.9 Å². The number of aromatic nitrogens is 3. The Bertz CT molecular complexity index is 2020. The second-order valence-corrected chi connectivity index (χ2v) is 12.2. The van der Waals surface area contributed by atoms with E-state index in [1.807, 2.05) is 32.9 Å². The molecule has 0 unspecified atom stereocenters. The second-order valence-electron chi connectivity index (χ2n) is 10.6. The summed E-state index contributed by atoms with van der Waals surface area (Å²) in [5.74, 6) is -0.353. The molecule has 1 amide bonds. The molecule has 10 heteroatoms. The lowest BCUT2D eigenvalue weighted by Gasteiger charge is -2.21. The number of furan rings is 1. The van der Waals surface area contributed by atoms with Gasteiger partial charge in [0, 0.05) is 23.2 Å². The van der Waals surface area contributed by atoms with Gasteiger partial charge in [0.15, 0.2) is 0 Å². The van der Waals surface area contributed by atoms with Crippen molar-refractivity contribution in [3.8, 4) is 17.2 Å². The molecule has 0 atom stereocenters. The average Bonchev–Trinajstić information content (AvgIpc) is 3.64. The maximum absolute atomic E-state index is 13.7. The molecule has 0 aliphatic rings. The van der Waals surface area contributed by atoms with E-state index >= 15 is 0 Å². The van der Waals surface area contributed by atoms with Gasteiger partial charge in [0.05, 0.1) is 17.5 Å². The number of pyridine rings is 1. The third-order valence-corrected chi connectivity index (χ3v) is 8.02. The van der Waals surface area contributed by atoms with Gasteiger partial charge in [0.1, 0.15) is 27.7 Å². The van der Waals surface area contributed by atoms with Crippen molar-refractivity contribution in [2.24, 2.45) is 0 Å². The van der Waals surface area contributed by atoms with E-state index in [4.69, 9.17) is 9.15 Å². The largest absolute Gasteiger partial charge is 0.464 e. The third kappa shape index (κ3) is 5.17. The molecule has 0 aliphatic heterocycles. The minimum Gasteiger partial charge on any atom is -0.464 e. The standard InChI is InChI=1S/C31H26N4O5S/c1-31(2,3)21-8-12-28(40-22-9-13-27-20(18-22)14-17-39-27)29(19-21)41(37,38)34-30(36)25-11-10-23-24(33-25)6-4-7-26(23)35-16-5-15-32-35/h4-19H,1-3H3,(H,34,36). The Morgan fingerprint density at radius 2 is 1.83 bits per heavy atom. The number of carbonyl (C=O) groups excluding carboxylic acids is 1. The summed E-state index contributed by atoms with van der Waals surface area (Å²) >= 11 is 0. The molecule has 3 aromatic heterocycles. The Morgan fingerprint density at radius 1 is 0.976 bits per heavy atom. The van der Waals surface area contributed by atoms with E-state index in [1.165, 1.54) is 12.1 Å². The Morgan fingerprint density at radius 3 is 2.61 bits per heavy atom. The van der Waals surface area contributed by atoms with Crippen LogP contribution in [-0.4, -0.2) is 29.1 Å². The lowest BCUT2D eigenvalue weighted by atomic mass is 9.87. The van der Waals surface area contributed by atoms with Crippen LogP contribution >= 0.6 is 0 Å². The normalized spacial score (nSPS) is 12.1. The number of hydrogen-bond acceptors (Lipinski definition) is 7. The first-order valence-corrected chi connectivity index (χ1v) is 14.3. The summed E-state index contributed by atoms with van der Waals surface area (Å²) in [7, 11) is -4.37. The SMILES string of the molecule is CC(C)(C)c1ccc(Oc2ccc3occc3c2)c(S(=O)(=O)NC(=O)c2ccc3c(-n4cccn4)cccc3n2)c1. The fraction of sp³-hybridized carbons (Fsp3) is 0.129. The summed E-state index contributed by atoms with van der Waals surface area (Å²) in [5, 5.41) is 5.84. The Balaban J connectivity index is 1.34. The Kier molecular flexibility index (Phi) is 6.34. The van der Waals surface area contributed by atoms with E-state index in [0.717, 1.165) is 22.0 Å². The van der Waals surface area contributed by atoms with Gasteiger partial charge in [-0.3, -0.25) is 4.79 Å². The monoisotopic (exact) mass is 566 g/mol. The number of carbonyl (C=O) groups is 1. The molecule has 0 saturated heterocycles. The van der Waals surface area contributed by atoms with E-state index in [-0.39, 0.29) is 21.8 Å². The highest BCUT2D eigenvalue weighted by atomic mass is 32.2. The van der Waals surface area contributed by atoms with Gasteiger partial charge in [-0.15, -0.1) is 0 Å². The quantitative estimate of drug-likeness (QED) is 0.249. The molecule has 3 heterocycles. The zero-order chi connectivity index (χ0) is 28.8. The summed E-state index contributed by atoms with van der Waals surface area (Å²) in [5.41, 5.74) is 2.36. The van der Waals surface area contributed by atoms with E-state index in [0.29, 0.717) is 16.8 Å². The third-order valence-electron chi connectivity index (χ3n) is 6.67. The first-order chi connectivity index (χ1) is 19.6. The van der Waals surface area contributed by atoms with E-state index in [9.17, 15) is 13.2 Å². The average molecular weight is 567 g/mol. The predicted octanol–water partition coefficient (Wildman–Crippen LogP) is 6.38. The van der Waals surface area contributed by atoms with Crippen LogP contribution < -0.4 is 9.46 Å². The number of benzene rings is 3. The molecule has 0 bridgehead atoms. The van der Waals surface area contributed by atoms with Crippen molar-refractivity contribution in [2.75, 3.05) is 0 Å². The summed E-state index contributed by atoms with van der Waals surface area (Å²) < 4.78 is 42.7. The predicted molar refractivity (Wildman–Crippen MR) is 155 cm³/mol. The van der Waals surface area contributed by atoms with Crippen LogP contribution in [0.1, 0.15) is 36.8 Å². The van der Waals surface area contributed by atoms with Crippen molar-refractivity contribution in [3.05, 3.63) is 109 Å². The van der Waals surface area contributed by atoms with Crippen molar-refractivity contribution < 1.29 is 22.4 Å². The van der Waals surface area contributed by atoms with Gasteiger partial charge in [-0.05, 0) is 77.7 Å². The first-order valence-electron chi connectivity index (χ1n) is 12.9. The number of hydrogen-bond donors (Lipinski definition) is 1. The molecule has 0 aliphatic carbocycles. The highest BCUT2D eigenvalue weighted by molar-refractivity contribution is 7.90. The highest BCUT2D eigenvalue weighted by Crippen LogP contribution is 2.35. The van der Waals surface area contributed by atoms with E-state index < -0.39 is 15.9 Å². The van der Waals surface area contributed by atoms with Crippen molar-refractivity contribution in [1.29, 1.82) is 0 Å². The van der Waals surface area contributed by atoms with E-state index in [1.54, 1.807) is 77.9 Å². The molecule has 0 fully saturated rings. The summed E-state index contributed by atoms with van der Waals surface area (Å²) in [4.78, 5) is 17.5. The molecule has 1 N–H and O–H groups in total. The number of nitrogens with zero attached hydrogens (tertiary/aromatic N) is 3. The zero-order valence-electron chi connectivity index (χ0n) is 22.5. The smallest absolute Gasteiger partial charge is 0.283 e. The van der Waals surface area contributed by atoms with E-state index in [2.05, 4.69) is 14.8 Å². The van der Waals surface area contributed by atoms with Crippen molar-refractivity contribution in [1.82, 2.24) is 19.5 Å². The molecule has 9 nitrogen and oxygen atoms in total. The van der Waals surface area contributed by atoms with Crippen LogP contribution in [0.3, 0.4) is 0 Å². The van der Waals surface area contributed by atoms with Crippen LogP contribution in [0.25, 0.3) is 27.6 Å². The summed E-state index contributed by atoms with van der Waals surface area (Å²) in [6, 6.07) is 22.4. The van der Waals surface area contributed by atoms with Crippen LogP contribution in [0, 0.1) is 0 Å². The highest BCUT2D eigenvalue weighted by Gasteiger charge is 2.27. The number of ether oxygens (including phenoxy) is 1. The first kappa shape index (κ1) is 26.3. The van der Waals surface area contributed by atoms with Crippen LogP contribution in [0.5, 0.6) is 11.5 Å². The Labute approximate surface area is 236 Å². The lowest BCUT2D eigenvalue weighted by Crippen LogP contribution is -2.31. The number of sulfonamides is 1. The van der Waals surface area contributed by atoms with Gasteiger partial charge < -0.3 is 9.15 Å².